The highest BCUT2D eigenvalue weighted by Gasteiger charge is 2.15. The average Bonchev–Trinajstić information content (AvgIpc) is 3.30. The first kappa shape index (κ1) is 17.3. The van der Waals surface area contributed by atoms with Gasteiger partial charge in [0.05, 0.1) is 11.4 Å². The molecule has 0 saturated carbocycles. The molecule has 0 amide bonds. The molecule has 4 rings (SSSR count). The number of tetrazole rings is 1. The lowest BCUT2D eigenvalue weighted by Gasteiger charge is -2.09. The van der Waals surface area contributed by atoms with Crippen LogP contribution in [0, 0.1) is 19.7 Å². The van der Waals surface area contributed by atoms with Crippen molar-refractivity contribution in [1.29, 1.82) is 0 Å². The van der Waals surface area contributed by atoms with E-state index >= 15 is 0 Å². The second-order valence-electron chi connectivity index (χ2n) is 5.92. The Morgan fingerprint density at radius 2 is 1.81 bits per heavy atom. The maximum absolute atomic E-state index is 13.0. The molecule has 0 spiro atoms. The first-order valence-electron chi connectivity index (χ1n) is 8.18. The molecule has 0 atom stereocenters. The van der Waals surface area contributed by atoms with Crippen molar-refractivity contribution in [2.45, 2.75) is 24.8 Å². The van der Waals surface area contributed by atoms with Crippen LogP contribution in [-0.4, -0.2) is 30.3 Å². The van der Waals surface area contributed by atoms with E-state index in [2.05, 4.69) is 25.7 Å². The lowest BCUT2D eigenvalue weighted by molar-refractivity contribution is 0.391. The molecule has 4 aromatic rings. The quantitative estimate of drug-likeness (QED) is 0.486. The van der Waals surface area contributed by atoms with Gasteiger partial charge in [0.1, 0.15) is 5.82 Å². The molecule has 0 unspecified atom stereocenters. The van der Waals surface area contributed by atoms with E-state index < -0.39 is 0 Å². The van der Waals surface area contributed by atoms with Gasteiger partial charge in [-0.1, -0.05) is 35.1 Å². The minimum atomic E-state index is -0.309. The Labute approximate surface area is 158 Å². The number of aryl methyl sites for hydroxylation is 2. The standard InChI is InChI=1S/C18H15FN6OS/c1-11-4-3-5-12(2)16(11)25-18(21-23-24-25)27-10-15-20-17(22-26-15)13-6-8-14(19)9-7-13/h3-9H,10H2,1-2H3. The number of halogens is 1. The van der Waals surface area contributed by atoms with Crippen LogP contribution in [0.25, 0.3) is 17.1 Å². The lowest BCUT2D eigenvalue weighted by atomic mass is 10.1. The Balaban J connectivity index is 1.52. The second kappa shape index (κ2) is 7.28. The van der Waals surface area contributed by atoms with Crippen LogP contribution in [0.4, 0.5) is 4.39 Å². The molecule has 2 heterocycles. The topological polar surface area (TPSA) is 82.5 Å². The van der Waals surface area contributed by atoms with Gasteiger partial charge < -0.3 is 4.52 Å². The number of hydrogen-bond acceptors (Lipinski definition) is 7. The van der Waals surface area contributed by atoms with Crippen molar-refractivity contribution in [1.82, 2.24) is 30.3 Å². The summed E-state index contributed by atoms with van der Waals surface area (Å²) in [6, 6.07) is 12.0. The molecule has 27 heavy (non-hydrogen) atoms. The van der Waals surface area contributed by atoms with Gasteiger partial charge in [0, 0.05) is 5.56 Å². The first-order valence-corrected chi connectivity index (χ1v) is 9.16. The largest absolute Gasteiger partial charge is 0.338 e. The number of benzene rings is 2. The van der Waals surface area contributed by atoms with E-state index in [1.54, 1.807) is 16.8 Å². The Hall–Kier alpha value is -3.07. The highest BCUT2D eigenvalue weighted by atomic mass is 32.2. The van der Waals surface area contributed by atoms with Crippen LogP contribution >= 0.6 is 11.8 Å². The van der Waals surface area contributed by atoms with Crippen LogP contribution in [0.5, 0.6) is 0 Å². The molecule has 0 aliphatic heterocycles. The van der Waals surface area contributed by atoms with Crippen molar-refractivity contribution in [3.63, 3.8) is 0 Å². The molecule has 136 valence electrons. The first-order chi connectivity index (χ1) is 13.1. The van der Waals surface area contributed by atoms with Gasteiger partial charge in [-0.15, -0.1) is 5.10 Å². The number of rotatable bonds is 5. The summed E-state index contributed by atoms with van der Waals surface area (Å²) in [6.45, 7) is 4.04. The molecular weight excluding hydrogens is 367 g/mol. The highest BCUT2D eigenvalue weighted by molar-refractivity contribution is 7.98. The average molecular weight is 382 g/mol. The molecular formula is C18H15FN6OS. The number of para-hydroxylation sites is 1. The Morgan fingerprint density at radius 3 is 2.56 bits per heavy atom. The summed E-state index contributed by atoms with van der Waals surface area (Å²) in [4.78, 5) is 4.35. The minimum Gasteiger partial charge on any atom is -0.338 e. The normalized spacial score (nSPS) is 11.1. The summed E-state index contributed by atoms with van der Waals surface area (Å²) < 4.78 is 20.0. The Morgan fingerprint density at radius 1 is 1.07 bits per heavy atom. The van der Waals surface area contributed by atoms with E-state index in [0.29, 0.717) is 28.2 Å². The zero-order valence-corrected chi connectivity index (χ0v) is 15.4. The van der Waals surface area contributed by atoms with Crippen LogP contribution in [0.15, 0.2) is 52.1 Å². The van der Waals surface area contributed by atoms with E-state index in [-0.39, 0.29) is 5.82 Å². The van der Waals surface area contributed by atoms with Crippen LogP contribution in [-0.2, 0) is 5.75 Å². The van der Waals surface area contributed by atoms with E-state index in [1.807, 2.05) is 32.0 Å². The van der Waals surface area contributed by atoms with Gasteiger partial charge >= 0.3 is 0 Å². The van der Waals surface area contributed by atoms with Crippen molar-refractivity contribution in [3.05, 3.63) is 65.3 Å². The van der Waals surface area contributed by atoms with Gasteiger partial charge in [0.15, 0.2) is 0 Å². The van der Waals surface area contributed by atoms with E-state index in [4.69, 9.17) is 4.52 Å². The molecule has 7 nitrogen and oxygen atoms in total. The lowest BCUT2D eigenvalue weighted by Crippen LogP contribution is -2.04. The summed E-state index contributed by atoms with van der Waals surface area (Å²) in [6.07, 6.45) is 0. The maximum Gasteiger partial charge on any atom is 0.237 e. The number of hydrogen-bond donors (Lipinski definition) is 0. The summed E-state index contributed by atoms with van der Waals surface area (Å²) >= 11 is 1.40. The SMILES string of the molecule is Cc1cccc(C)c1-n1nnnc1SCc1nc(-c2ccc(F)cc2)no1. The number of thioether (sulfide) groups is 1. The third-order valence-electron chi connectivity index (χ3n) is 3.99. The zero-order valence-electron chi connectivity index (χ0n) is 14.6. The fraction of sp³-hybridized carbons (Fsp3) is 0.167. The molecule has 0 N–H and O–H groups in total. The van der Waals surface area contributed by atoms with Crippen molar-refractivity contribution < 1.29 is 8.91 Å². The zero-order chi connectivity index (χ0) is 18.8. The fourth-order valence-corrected chi connectivity index (χ4v) is 3.42. The molecule has 0 radical (unpaired) electrons. The van der Waals surface area contributed by atoms with Crippen LogP contribution in [0.2, 0.25) is 0 Å². The van der Waals surface area contributed by atoms with E-state index in [9.17, 15) is 4.39 Å². The Kier molecular flexibility index (Phi) is 4.68. The predicted octanol–water partition coefficient (Wildman–Crippen LogP) is 3.76. The molecule has 9 heteroatoms. The molecule has 0 bridgehead atoms. The van der Waals surface area contributed by atoms with Crippen molar-refractivity contribution in [2.24, 2.45) is 0 Å². The third-order valence-corrected chi connectivity index (χ3v) is 4.89. The smallest absolute Gasteiger partial charge is 0.237 e. The van der Waals surface area contributed by atoms with Crippen LogP contribution < -0.4 is 0 Å². The van der Waals surface area contributed by atoms with E-state index in [0.717, 1.165) is 16.8 Å². The van der Waals surface area contributed by atoms with Gasteiger partial charge in [0.25, 0.3) is 0 Å². The molecule has 0 saturated heterocycles. The third kappa shape index (κ3) is 3.59. The molecule has 2 aromatic carbocycles. The highest BCUT2D eigenvalue weighted by Crippen LogP contribution is 2.26. The van der Waals surface area contributed by atoms with Crippen molar-refractivity contribution >= 4 is 11.8 Å². The summed E-state index contributed by atoms with van der Waals surface area (Å²) in [5.74, 6) is 0.964. The van der Waals surface area contributed by atoms with Crippen molar-refractivity contribution in [2.75, 3.05) is 0 Å². The summed E-state index contributed by atoms with van der Waals surface area (Å²) in [5.41, 5.74) is 3.82. The van der Waals surface area contributed by atoms with Crippen molar-refractivity contribution in [3.8, 4) is 17.1 Å². The fourth-order valence-electron chi connectivity index (χ4n) is 2.70. The monoisotopic (exact) mass is 382 g/mol. The molecule has 2 aromatic heterocycles. The molecule has 0 fully saturated rings. The molecule has 0 aliphatic rings. The van der Waals surface area contributed by atoms with Gasteiger partial charge in [-0.25, -0.2) is 4.39 Å². The van der Waals surface area contributed by atoms with Gasteiger partial charge in [0.2, 0.25) is 16.9 Å². The minimum absolute atomic E-state index is 0.309. The maximum atomic E-state index is 13.0. The number of nitrogens with zero attached hydrogens (tertiary/aromatic N) is 6. The second-order valence-corrected chi connectivity index (χ2v) is 6.86. The Bertz CT molecular complexity index is 1060. The van der Waals surface area contributed by atoms with Gasteiger partial charge in [-0.05, 0) is 59.7 Å². The van der Waals surface area contributed by atoms with Crippen LogP contribution in [0.3, 0.4) is 0 Å². The summed E-state index contributed by atoms with van der Waals surface area (Å²) in [5, 5.41) is 16.6. The van der Waals surface area contributed by atoms with E-state index in [1.165, 1.54) is 23.9 Å². The van der Waals surface area contributed by atoms with Gasteiger partial charge in [-0.2, -0.15) is 9.67 Å². The van der Waals surface area contributed by atoms with Crippen LogP contribution in [0.1, 0.15) is 17.0 Å². The molecule has 0 aliphatic carbocycles. The summed E-state index contributed by atoms with van der Waals surface area (Å²) in [7, 11) is 0. The predicted molar refractivity (Wildman–Crippen MR) is 97.9 cm³/mol. The van der Waals surface area contributed by atoms with Gasteiger partial charge in [-0.3, -0.25) is 0 Å². The number of aromatic nitrogens is 6.